The number of carbonyl (C=O) groups is 2. The molecule has 8 nitrogen and oxygen atoms in total. The molecule has 0 spiro atoms. The standard InChI is InChI=1S/C25H30F3N5O3/c26-25(27,28)20-15-19(17-7-3-1-4-8-17)30-21-18(16-29-33(20)21)22(34)31-24(9-5-2-6-10-24)23(35)32-11-13-36-14-12-32/h1,3-4,7-8,16,19-20,30H,2,5-6,9-15H2,(H,31,34). The van der Waals surface area contributed by atoms with Crippen LogP contribution < -0.4 is 10.6 Å². The summed E-state index contributed by atoms with van der Waals surface area (Å²) in [6, 6.07) is 6.33. The molecular weight excluding hydrogens is 475 g/mol. The van der Waals surface area contributed by atoms with Crippen LogP contribution in [0.4, 0.5) is 19.0 Å². The maximum Gasteiger partial charge on any atom is 0.410 e. The zero-order chi connectivity index (χ0) is 25.3. The Hall–Kier alpha value is -3.08. The summed E-state index contributed by atoms with van der Waals surface area (Å²) in [5, 5.41) is 10.0. The van der Waals surface area contributed by atoms with Crippen LogP contribution in [0.25, 0.3) is 0 Å². The van der Waals surface area contributed by atoms with Crippen LogP contribution in [0.2, 0.25) is 0 Å². The third-order valence-corrected chi connectivity index (χ3v) is 7.45. The highest BCUT2D eigenvalue weighted by Crippen LogP contribution is 2.44. The number of ether oxygens (including phenoxy) is 1. The molecule has 1 aliphatic carbocycles. The molecule has 0 bridgehead atoms. The monoisotopic (exact) mass is 505 g/mol. The van der Waals surface area contributed by atoms with Crippen molar-refractivity contribution in [3.8, 4) is 0 Å². The molecule has 2 atom stereocenters. The SMILES string of the molecule is O=C(NC1(C(=O)N2CCOCC2)CCCCC1)c1cnn2c1NC(c1ccccc1)CC2C(F)(F)F. The molecule has 2 unspecified atom stereocenters. The molecule has 36 heavy (non-hydrogen) atoms. The van der Waals surface area contributed by atoms with Gasteiger partial charge in [-0.3, -0.25) is 9.59 Å². The molecule has 5 rings (SSSR count). The van der Waals surface area contributed by atoms with Gasteiger partial charge in [-0.2, -0.15) is 18.3 Å². The van der Waals surface area contributed by atoms with Crippen molar-refractivity contribution in [1.29, 1.82) is 0 Å². The van der Waals surface area contributed by atoms with Gasteiger partial charge in [0.15, 0.2) is 6.04 Å². The lowest BCUT2D eigenvalue weighted by Crippen LogP contribution is -2.62. The second-order valence-electron chi connectivity index (χ2n) is 9.75. The minimum absolute atomic E-state index is 0.00427. The van der Waals surface area contributed by atoms with E-state index in [2.05, 4.69) is 15.7 Å². The van der Waals surface area contributed by atoms with E-state index >= 15 is 0 Å². The first-order valence-electron chi connectivity index (χ1n) is 12.4. The van der Waals surface area contributed by atoms with Crippen LogP contribution in [0.15, 0.2) is 36.5 Å². The van der Waals surface area contributed by atoms with Crippen LogP contribution in [-0.4, -0.2) is 64.5 Å². The predicted octanol–water partition coefficient (Wildman–Crippen LogP) is 3.83. The molecular formula is C25H30F3N5O3. The van der Waals surface area contributed by atoms with Gasteiger partial charge in [0.05, 0.1) is 25.5 Å². The van der Waals surface area contributed by atoms with E-state index in [0.29, 0.717) is 44.7 Å². The summed E-state index contributed by atoms with van der Waals surface area (Å²) in [7, 11) is 0. The summed E-state index contributed by atoms with van der Waals surface area (Å²) in [5.74, 6) is -0.732. The number of hydrogen-bond acceptors (Lipinski definition) is 5. The lowest BCUT2D eigenvalue weighted by molar-refractivity contribution is -0.173. The van der Waals surface area contributed by atoms with Crippen molar-refractivity contribution < 1.29 is 27.5 Å². The summed E-state index contributed by atoms with van der Waals surface area (Å²) in [6.45, 7) is 1.78. The maximum atomic E-state index is 14.0. The summed E-state index contributed by atoms with van der Waals surface area (Å²) >= 11 is 0. The molecule has 2 fully saturated rings. The van der Waals surface area contributed by atoms with Gasteiger partial charge in [0.1, 0.15) is 16.9 Å². The highest BCUT2D eigenvalue weighted by atomic mass is 19.4. The van der Waals surface area contributed by atoms with Crippen molar-refractivity contribution in [3.63, 3.8) is 0 Å². The molecule has 1 aromatic carbocycles. The first-order chi connectivity index (χ1) is 17.3. The van der Waals surface area contributed by atoms with Crippen molar-refractivity contribution in [3.05, 3.63) is 47.7 Å². The average Bonchev–Trinajstić information content (AvgIpc) is 3.33. The van der Waals surface area contributed by atoms with Crippen molar-refractivity contribution in [2.45, 2.75) is 62.3 Å². The Kier molecular flexibility index (Phi) is 6.67. The van der Waals surface area contributed by atoms with E-state index < -0.39 is 29.7 Å². The third kappa shape index (κ3) is 4.68. The van der Waals surface area contributed by atoms with E-state index in [1.54, 1.807) is 35.2 Å². The first kappa shape index (κ1) is 24.6. The fourth-order valence-corrected chi connectivity index (χ4v) is 5.53. The highest BCUT2D eigenvalue weighted by Gasteiger charge is 2.48. The van der Waals surface area contributed by atoms with Gasteiger partial charge in [0.2, 0.25) is 5.91 Å². The van der Waals surface area contributed by atoms with Gasteiger partial charge in [0.25, 0.3) is 5.91 Å². The van der Waals surface area contributed by atoms with E-state index in [0.717, 1.165) is 23.9 Å². The van der Waals surface area contributed by atoms with Crippen LogP contribution in [0.1, 0.15) is 66.5 Å². The van der Waals surface area contributed by atoms with Crippen LogP contribution in [0, 0.1) is 0 Å². The average molecular weight is 506 g/mol. The molecule has 11 heteroatoms. The van der Waals surface area contributed by atoms with Gasteiger partial charge in [0, 0.05) is 19.5 Å². The minimum Gasteiger partial charge on any atom is -0.378 e. The van der Waals surface area contributed by atoms with Gasteiger partial charge in [-0.15, -0.1) is 0 Å². The van der Waals surface area contributed by atoms with E-state index in [1.165, 1.54) is 6.20 Å². The number of amides is 2. The minimum atomic E-state index is -4.54. The lowest BCUT2D eigenvalue weighted by Gasteiger charge is -2.41. The number of anilines is 1. The summed E-state index contributed by atoms with van der Waals surface area (Å²) in [5.41, 5.74) is -0.389. The Morgan fingerprint density at radius 2 is 1.78 bits per heavy atom. The van der Waals surface area contributed by atoms with E-state index in [1.807, 2.05) is 0 Å². The third-order valence-electron chi connectivity index (χ3n) is 7.45. The Morgan fingerprint density at radius 3 is 2.44 bits per heavy atom. The quantitative estimate of drug-likeness (QED) is 0.660. The molecule has 1 saturated heterocycles. The molecule has 1 aromatic heterocycles. The number of nitrogens with zero attached hydrogens (tertiary/aromatic N) is 3. The van der Waals surface area contributed by atoms with Crippen LogP contribution in [0.5, 0.6) is 0 Å². The van der Waals surface area contributed by atoms with Crippen LogP contribution in [0.3, 0.4) is 0 Å². The van der Waals surface area contributed by atoms with Gasteiger partial charge in [-0.05, 0) is 18.4 Å². The summed E-state index contributed by atoms with van der Waals surface area (Å²) in [4.78, 5) is 28.8. The smallest absolute Gasteiger partial charge is 0.378 e. The number of alkyl halides is 3. The molecule has 2 aromatic rings. The zero-order valence-electron chi connectivity index (χ0n) is 19.9. The van der Waals surface area contributed by atoms with Crippen LogP contribution >= 0.6 is 0 Å². The predicted molar refractivity (Wildman–Crippen MR) is 125 cm³/mol. The number of rotatable bonds is 4. The van der Waals surface area contributed by atoms with Crippen molar-refractivity contribution in [1.82, 2.24) is 20.0 Å². The van der Waals surface area contributed by atoms with Crippen molar-refractivity contribution in [2.75, 3.05) is 31.6 Å². The molecule has 194 valence electrons. The number of morpholine rings is 1. The van der Waals surface area contributed by atoms with Gasteiger partial charge in [-0.1, -0.05) is 49.6 Å². The Bertz CT molecular complexity index is 1090. The Morgan fingerprint density at radius 1 is 1.08 bits per heavy atom. The molecule has 2 N–H and O–H groups in total. The summed E-state index contributed by atoms with van der Waals surface area (Å²) in [6.07, 6.45) is -0.110. The summed E-state index contributed by atoms with van der Waals surface area (Å²) < 4.78 is 48.3. The second-order valence-corrected chi connectivity index (χ2v) is 9.75. The molecule has 0 radical (unpaired) electrons. The van der Waals surface area contributed by atoms with E-state index in [4.69, 9.17) is 4.74 Å². The maximum absolute atomic E-state index is 14.0. The number of hydrogen-bond donors (Lipinski definition) is 2. The second kappa shape index (κ2) is 9.76. The van der Waals surface area contributed by atoms with Gasteiger partial charge >= 0.3 is 6.18 Å². The zero-order valence-corrected chi connectivity index (χ0v) is 19.9. The van der Waals surface area contributed by atoms with Crippen molar-refractivity contribution >= 4 is 17.6 Å². The van der Waals surface area contributed by atoms with Gasteiger partial charge in [-0.25, -0.2) is 4.68 Å². The number of benzene rings is 1. The Balaban J connectivity index is 1.45. The topological polar surface area (TPSA) is 88.5 Å². The normalized spacial score (nSPS) is 23.9. The molecule has 2 aliphatic heterocycles. The number of nitrogens with one attached hydrogen (secondary N) is 2. The number of fused-ring (bicyclic) bond motifs is 1. The highest BCUT2D eigenvalue weighted by molar-refractivity contribution is 6.02. The largest absolute Gasteiger partial charge is 0.410 e. The molecule has 3 aliphatic rings. The van der Waals surface area contributed by atoms with E-state index in [-0.39, 0.29) is 23.7 Å². The Labute approximate surface area is 207 Å². The lowest BCUT2D eigenvalue weighted by atomic mass is 9.80. The molecule has 3 heterocycles. The fourth-order valence-electron chi connectivity index (χ4n) is 5.53. The molecule has 1 saturated carbocycles. The number of halogens is 3. The van der Waals surface area contributed by atoms with Gasteiger partial charge < -0.3 is 20.3 Å². The fraction of sp³-hybridized carbons (Fsp3) is 0.560. The first-order valence-corrected chi connectivity index (χ1v) is 12.4. The number of carbonyl (C=O) groups excluding carboxylic acids is 2. The van der Waals surface area contributed by atoms with Crippen LogP contribution in [-0.2, 0) is 9.53 Å². The van der Waals surface area contributed by atoms with Crippen molar-refractivity contribution in [2.24, 2.45) is 0 Å². The molecule has 2 amide bonds. The number of aromatic nitrogens is 2. The van der Waals surface area contributed by atoms with E-state index in [9.17, 15) is 22.8 Å².